The lowest BCUT2D eigenvalue weighted by Gasteiger charge is -2.03. The number of nitrogens with zero attached hydrogens (tertiary/aromatic N) is 4. The maximum Gasteiger partial charge on any atom is 0.252 e. The maximum atomic E-state index is 6.34. The molecule has 0 atom stereocenters. The predicted octanol–water partition coefficient (Wildman–Crippen LogP) is 3.62. The van der Waals surface area contributed by atoms with Gasteiger partial charge in [0.25, 0.3) is 5.95 Å². The Morgan fingerprint density at radius 3 is 2.37 bits per heavy atom. The van der Waals surface area contributed by atoms with Crippen LogP contribution in [0.25, 0.3) is 5.95 Å². The number of hydrogen-bond acceptors (Lipinski definition) is 3. The van der Waals surface area contributed by atoms with Crippen molar-refractivity contribution in [3.63, 3.8) is 0 Å². The zero-order chi connectivity index (χ0) is 14.0. The van der Waals surface area contributed by atoms with Crippen LogP contribution in [0, 0.1) is 13.8 Å². The van der Waals surface area contributed by atoms with E-state index in [4.69, 9.17) is 23.2 Å². The third-order valence-electron chi connectivity index (χ3n) is 2.78. The van der Waals surface area contributed by atoms with Crippen LogP contribution >= 0.6 is 23.2 Å². The number of rotatable bonds is 4. The summed E-state index contributed by atoms with van der Waals surface area (Å²) in [6.45, 7) is 5.94. The summed E-state index contributed by atoms with van der Waals surface area (Å²) in [7, 11) is 0. The number of alkyl halides is 1. The zero-order valence-electron chi connectivity index (χ0n) is 11.2. The highest BCUT2D eigenvalue weighted by Gasteiger charge is 2.17. The molecule has 0 unspecified atom stereocenters. The van der Waals surface area contributed by atoms with Crippen molar-refractivity contribution in [1.82, 2.24) is 19.7 Å². The second-order valence-corrected chi connectivity index (χ2v) is 5.09. The molecule has 0 aliphatic carbocycles. The number of aromatic nitrogens is 4. The van der Waals surface area contributed by atoms with Crippen LogP contribution in [0.4, 0.5) is 0 Å². The van der Waals surface area contributed by atoms with Gasteiger partial charge in [-0.1, -0.05) is 24.9 Å². The van der Waals surface area contributed by atoms with Crippen LogP contribution in [-0.2, 0) is 12.3 Å². The first kappa shape index (κ1) is 14.3. The first-order chi connectivity index (χ1) is 9.06. The summed E-state index contributed by atoms with van der Waals surface area (Å²) in [6, 6.07) is 1.91. The Hall–Kier alpha value is -1.13. The second-order valence-electron chi connectivity index (χ2n) is 4.46. The van der Waals surface area contributed by atoms with Crippen LogP contribution in [-0.4, -0.2) is 19.7 Å². The monoisotopic (exact) mass is 298 g/mol. The molecule has 0 N–H and O–H groups in total. The first-order valence-electron chi connectivity index (χ1n) is 6.21. The Morgan fingerprint density at radius 1 is 1.21 bits per heavy atom. The van der Waals surface area contributed by atoms with Crippen molar-refractivity contribution >= 4 is 23.2 Å². The average molecular weight is 299 g/mol. The maximum absolute atomic E-state index is 6.34. The third-order valence-corrected chi connectivity index (χ3v) is 3.44. The molecule has 2 rings (SSSR count). The highest BCUT2D eigenvalue weighted by molar-refractivity contribution is 6.31. The predicted molar refractivity (Wildman–Crippen MR) is 77.2 cm³/mol. The highest BCUT2D eigenvalue weighted by atomic mass is 35.5. The molecule has 0 saturated carbocycles. The van der Waals surface area contributed by atoms with Gasteiger partial charge in [-0.05, 0) is 26.3 Å². The summed E-state index contributed by atoms with van der Waals surface area (Å²) in [6.07, 6.45) is 1.84. The first-order valence-corrected chi connectivity index (χ1v) is 7.13. The lowest BCUT2D eigenvalue weighted by atomic mass is 10.2. The molecule has 4 nitrogen and oxygen atoms in total. The molecule has 102 valence electrons. The summed E-state index contributed by atoms with van der Waals surface area (Å²) in [5.41, 5.74) is 3.57. The normalized spacial score (nSPS) is 11.0. The van der Waals surface area contributed by atoms with Gasteiger partial charge >= 0.3 is 0 Å². The molecular weight excluding hydrogens is 283 g/mol. The van der Waals surface area contributed by atoms with E-state index < -0.39 is 0 Å². The molecule has 0 radical (unpaired) electrons. The quantitative estimate of drug-likeness (QED) is 0.810. The SMILES string of the molecule is CCCc1nn(-c2nc(C)cc(C)n2)c(Cl)c1CCl. The molecule has 0 amide bonds. The second kappa shape index (κ2) is 5.88. The van der Waals surface area contributed by atoms with Crippen molar-refractivity contribution in [2.24, 2.45) is 0 Å². The molecule has 6 heteroatoms. The highest BCUT2D eigenvalue weighted by Crippen LogP contribution is 2.25. The minimum Gasteiger partial charge on any atom is -0.216 e. The number of halogens is 2. The van der Waals surface area contributed by atoms with Crippen LogP contribution in [0.1, 0.15) is 36.0 Å². The Morgan fingerprint density at radius 2 is 1.84 bits per heavy atom. The van der Waals surface area contributed by atoms with Gasteiger partial charge < -0.3 is 0 Å². The summed E-state index contributed by atoms with van der Waals surface area (Å²) in [5, 5.41) is 5.00. The third kappa shape index (κ3) is 2.90. The molecule has 0 fully saturated rings. The van der Waals surface area contributed by atoms with Gasteiger partial charge in [-0.15, -0.1) is 11.6 Å². The van der Waals surface area contributed by atoms with E-state index in [1.807, 2.05) is 19.9 Å². The van der Waals surface area contributed by atoms with Gasteiger partial charge in [0, 0.05) is 17.0 Å². The fourth-order valence-electron chi connectivity index (χ4n) is 1.98. The van der Waals surface area contributed by atoms with E-state index in [2.05, 4.69) is 22.0 Å². The molecule has 0 aliphatic rings. The van der Waals surface area contributed by atoms with Crippen LogP contribution in [0.5, 0.6) is 0 Å². The minimum absolute atomic E-state index is 0.346. The molecule has 19 heavy (non-hydrogen) atoms. The fourth-order valence-corrected chi connectivity index (χ4v) is 2.61. The largest absolute Gasteiger partial charge is 0.252 e. The standard InChI is InChI=1S/C13H16Cl2N4/c1-4-5-11-10(7-14)12(15)19(18-11)13-16-8(2)6-9(3)17-13/h6H,4-5,7H2,1-3H3. The Balaban J connectivity index is 2.55. The summed E-state index contributed by atoms with van der Waals surface area (Å²) < 4.78 is 1.57. The van der Waals surface area contributed by atoms with E-state index in [0.29, 0.717) is 17.0 Å². The smallest absolute Gasteiger partial charge is 0.216 e. The van der Waals surface area contributed by atoms with Gasteiger partial charge in [-0.3, -0.25) is 0 Å². The molecule has 2 aromatic rings. The van der Waals surface area contributed by atoms with E-state index in [1.54, 1.807) is 4.68 Å². The van der Waals surface area contributed by atoms with Crippen LogP contribution in [0.15, 0.2) is 6.07 Å². The molecule has 0 aliphatic heterocycles. The minimum atomic E-state index is 0.346. The molecule has 0 spiro atoms. The summed E-state index contributed by atoms with van der Waals surface area (Å²) >= 11 is 12.3. The van der Waals surface area contributed by atoms with Gasteiger partial charge in [0.2, 0.25) is 0 Å². The molecule has 0 aromatic carbocycles. The molecular formula is C13H16Cl2N4. The molecule has 2 aromatic heterocycles. The van der Waals surface area contributed by atoms with Gasteiger partial charge in [0.1, 0.15) is 5.15 Å². The van der Waals surface area contributed by atoms with E-state index in [0.717, 1.165) is 35.5 Å². The Labute approximate surface area is 122 Å². The van der Waals surface area contributed by atoms with Crippen molar-refractivity contribution in [1.29, 1.82) is 0 Å². The van der Waals surface area contributed by atoms with E-state index in [9.17, 15) is 0 Å². The van der Waals surface area contributed by atoms with Gasteiger partial charge in [0.05, 0.1) is 11.6 Å². The Bertz CT molecular complexity index is 572. The Kier molecular flexibility index (Phi) is 4.42. The summed E-state index contributed by atoms with van der Waals surface area (Å²) in [4.78, 5) is 8.75. The van der Waals surface area contributed by atoms with E-state index in [-0.39, 0.29) is 0 Å². The van der Waals surface area contributed by atoms with Crippen molar-refractivity contribution in [3.05, 3.63) is 33.9 Å². The zero-order valence-corrected chi connectivity index (χ0v) is 12.8. The lowest BCUT2D eigenvalue weighted by molar-refractivity contribution is 0.759. The summed E-state index contributed by atoms with van der Waals surface area (Å²) in [5.74, 6) is 0.843. The number of aryl methyl sites for hydroxylation is 3. The van der Waals surface area contributed by atoms with Crippen LogP contribution < -0.4 is 0 Å². The van der Waals surface area contributed by atoms with Crippen molar-refractivity contribution in [2.75, 3.05) is 0 Å². The van der Waals surface area contributed by atoms with Crippen molar-refractivity contribution in [2.45, 2.75) is 39.5 Å². The van der Waals surface area contributed by atoms with E-state index in [1.165, 1.54) is 0 Å². The van der Waals surface area contributed by atoms with Gasteiger partial charge in [0.15, 0.2) is 0 Å². The number of hydrogen-bond donors (Lipinski definition) is 0. The van der Waals surface area contributed by atoms with Crippen molar-refractivity contribution < 1.29 is 0 Å². The van der Waals surface area contributed by atoms with Gasteiger partial charge in [-0.2, -0.15) is 9.78 Å². The van der Waals surface area contributed by atoms with Crippen LogP contribution in [0.3, 0.4) is 0 Å². The molecule has 2 heterocycles. The molecule has 0 saturated heterocycles. The van der Waals surface area contributed by atoms with Crippen molar-refractivity contribution in [3.8, 4) is 5.95 Å². The lowest BCUT2D eigenvalue weighted by Crippen LogP contribution is -2.06. The molecule has 0 bridgehead atoms. The van der Waals surface area contributed by atoms with Gasteiger partial charge in [-0.25, -0.2) is 9.97 Å². The average Bonchev–Trinajstić information content (AvgIpc) is 2.65. The topological polar surface area (TPSA) is 43.6 Å². The van der Waals surface area contributed by atoms with E-state index >= 15 is 0 Å². The van der Waals surface area contributed by atoms with Crippen LogP contribution in [0.2, 0.25) is 5.15 Å². The fraction of sp³-hybridized carbons (Fsp3) is 0.462.